The van der Waals surface area contributed by atoms with Crippen LogP contribution in [0.1, 0.15) is 30.7 Å². The summed E-state index contributed by atoms with van der Waals surface area (Å²) in [5.41, 5.74) is 3.45. The van der Waals surface area contributed by atoms with Crippen molar-refractivity contribution in [1.29, 1.82) is 0 Å². The van der Waals surface area contributed by atoms with Crippen molar-refractivity contribution in [1.82, 2.24) is 14.9 Å². The minimum atomic E-state index is -0.225. The maximum atomic E-state index is 12.3. The van der Waals surface area contributed by atoms with E-state index in [-0.39, 0.29) is 36.8 Å². The Bertz CT molecular complexity index is 817. The number of aryl methyl sites for hydroxylation is 2. The van der Waals surface area contributed by atoms with Gasteiger partial charge in [0, 0.05) is 11.7 Å². The number of hydrogen-bond donors (Lipinski definition) is 3. The number of nitrogens with one attached hydrogen (secondary N) is 2. The van der Waals surface area contributed by atoms with Gasteiger partial charge in [-0.15, -0.1) is 0 Å². The molecule has 7 nitrogen and oxygen atoms in total. The summed E-state index contributed by atoms with van der Waals surface area (Å²) in [5.74, 6) is -0.168. The number of hydrogen-bond acceptors (Lipinski definition) is 5. The number of aliphatic hydroxyl groups is 1. The van der Waals surface area contributed by atoms with Crippen LogP contribution in [-0.4, -0.2) is 38.3 Å². The van der Waals surface area contributed by atoms with Gasteiger partial charge in [-0.25, -0.2) is 4.98 Å². The Labute approximate surface area is 163 Å². The molecule has 8 heteroatoms. The number of anilines is 1. The quantitative estimate of drug-likeness (QED) is 0.601. The van der Waals surface area contributed by atoms with E-state index >= 15 is 0 Å². The van der Waals surface area contributed by atoms with Crippen molar-refractivity contribution in [3.8, 4) is 0 Å². The van der Waals surface area contributed by atoms with Crippen molar-refractivity contribution in [3.05, 3.63) is 41.2 Å². The second-order valence-corrected chi connectivity index (χ2v) is 7.60. The van der Waals surface area contributed by atoms with Gasteiger partial charge in [-0.2, -0.15) is 0 Å². The molecule has 2 rings (SSSR count). The van der Waals surface area contributed by atoms with E-state index in [1.165, 1.54) is 18.0 Å². The van der Waals surface area contributed by atoms with Crippen LogP contribution in [0.2, 0.25) is 0 Å². The SMILES string of the molecule is Cc1ccc(NC(=O)CSc2ncc(CO)n2CC(=O)NC(C)C)c(C)c1. The predicted octanol–water partition coefficient (Wildman–Crippen LogP) is 2.25. The monoisotopic (exact) mass is 390 g/mol. The van der Waals surface area contributed by atoms with Gasteiger partial charge < -0.3 is 20.3 Å². The second kappa shape index (κ2) is 9.57. The van der Waals surface area contributed by atoms with Crippen LogP contribution in [0.3, 0.4) is 0 Å². The van der Waals surface area contributed by atoms with Gasteiger partial charge in [0.05, 0.1) is 24.3 Å². The van der Waals surface area contributed by atoms with Gasteiger partial charge in [0.15, 0.2) is 5.16 Å². The molecule has 2 aromatic rings. The summed E-state index contributed by atoms with van der Waals surface area (Å²) in [6.07, 6.45) is 1.52. The Morgan fingerprint density at radius 2 is 2.00 bits per heavy atom. The lowest BCUT2D eigenvalue weighted by molar-refractivity contribution is -0.122. The third-order valence-electron chi connectivity index (χ3n) is 3.80. The third kappa shape index (κ3) is 6.11. The first-order chi connectivity index (χ1) is 12.8. The number of benzene rings is 1. The van der Waals surface area contributed by atoms with Crippen LogP contribution in [0, 0.1) is 13.8 Å². The minimum Gasteiger partial charge on any atom is -0.390 e. The van der Waals surface area contributed by atoms with E-state index in [4.69, 9.17) is 0 Å². The van der Waals surface area contributed by atoms with Crippen LogP contribution in [-0.2, 0) is 22.7 Å². The Morgan fingerprint density at radius 3 is 2.63 bits per heavy atom. The van der Waals surface area contributed by atoms with Crippen LogP contribution >= 0.6 is 11.8 Å². The van der Waals surface area contributed by atoms with Crippen LogP contribution in [0.15, 0.2) is 29.6 Å². The first-order valence-electron chi connectivity index (χ1n) is 8.74. The topological polar surface area (TPSA) is 96.2 Å². The highest BCUT2D eigenvalue weighted by Gasteiger charge is 2.15. The molecule has 2 amide bonds. The molecule has 1 heterocycles. The number of amides is 2. The average Bonchev–Trinajstić information content (AvgIpc) is 2.96. The number of aromatic nitrogens is 2. The summed E-state index contributed by atoms with van der Waals surface area (Å²) >= 11 is 1.23. The van der Waals surface area contributed by atoms with Gasteiger partial charge >= 0.3 is 0 Å². The molecule has 0 aliphatic carbocycles. The number of aliphatic hydroxyl groups excluding tert-OH is 1. The van der Waals surface area contributed by atoms with Gasteiger partial charge in [0.25, 0.3) is 0 Å². The molecule has 3 N–H and O–H groups in total. The van der Waals surface area contributed by atoms with E-state index in [0.717, 1.165) is 16.8 Å². The average molecular weight is 391 g/mol. The fourth-order valence-corrected chi connectivity index (χ4v) is 3.38. The number of carbonyl (C=O) groups excluding carboxylic acids is 2. The van der Waals surface area contributed by atoms with E-state index in [0.29, 0.717) is 10.9 Å². The largest absolute Gasteiger partial charge is 0.390 e. The molecule has 146 valence electrons. The van der Waals surface area contributed by atoms with Crippen molar-refractivity contribution < 1.29 is 14.7 Å². The summed E-state index contributed by atoms with van der Waals surface area (Å²) in [4.78, 5) is 28.6. The normalized spacial score (nSPS) is 10.9. The van der Waals surface area contributed by atoms with Crippen molar-refractivity contribution in [3.63, 3.8) is 0 Å². The van der Waals surface area contributed by atoms with Gasteiger partial charge in [-0.1, -0.05) is 29.5 Å². The van der Waals surface area contributed by atoms with Crippen LogP contribution in [0.5, 0.6) is 0 Å². The highest BCUT2D eigenvalue weighted by atomic mass is 32.2. The fraction of sp³-hybridized carbons (Fsp3) is 0.421. The number of carbonyl (C=O) groups is 2. The summed E-state index contributed by atoms with van der Waals surface area (Å²) in [5, 5.41) is 15.7. The summed E-state index contributed by atoms with van der Waals surface area (Å²) < 4.78 is 1.63. The molecule has 0 saturated carbocycles. The minimum absolute atomic E-state index is 0.0261. The molecule has 0 saturated heterocycles. The van der Waals surface area contributed by atoms with Gasteiger partial charge in [0.1, 0.15) is 6.54 Å². The molecule has 0 spiro atoms. The molecule has 0 fully saturated rings. The Hall–Kier alpha value is -2.32. The lowest BCUT2D eigenvalue weighted by Crippen LogP contribution is -2.33. The maximum Gasteiger partial charge on any atom is 0.240 e. The zero-order valence-electron chi connectivity index (χ0n) is 16.1. The van der Waals surface area contributed by atoms with Crippen molar-refractivity contribution in [2.24, 2.45) is 0 Å². The number of rotatable bonds is 8. The highest BCUT2D eigenvalue weighted by Crippen LogP contribution is 2.21. The molecule has 27 heavy (non-hydrogen) atoms. The number of thioether (sulfide) groups is 1. The Kier molecular flexibility index (Phi) is 7.44. The molecule has 1 aromatic carbocycles. The van der Waals surface area contributed by atoms with Crippen molar-refractivity contribution in [2.75, 3.05) is 11.1 Å². The second-order valence-electron chi connectivity index (χ2n) is 6.65. The molecule has 0 unspecified atom stereocenters. The first-order valence-corrected chi connectivity index (χ1v) is 9.73. The Morgan fingerprint density at radius 1 is 1.26 bits per heavy atom. The van der Waals surface area contributed by atoms with Gasteiger partial charge in [-0.3, -0.25) is 9.59 Å². The fourth-order valence-electron chi connectivity index (χ4n) is 2.58. The molecular formula is C19H26N4O3S. The van der Waals surface area contributed by atoms with Gasteiger partial charge in [-0.05, 0) is 39.3 Å². The molecule has 0 radical (unpaired) electrons. The summed E-state index contributed by atoms with van der Waals surface area (Å²) in [7, 11) is 0. The van der Waals surface area contributed by atoms with Crippen molar-refractivity contribution >= 4 is 29.3 Å². The first kappa shape index (κ1) is 21.0. The van der Waals surface area contributed by atoms with Crippen LogP contribution in [0.4, 0.5) is 5.69 Å². The molecule has 0 aliphatic rings. The highest BCUT2D eigenvalue weighted by molar-refractivity contribution is 7.99. The number of nitrogens with zero attached hydrogens (tertiary/aromatic N) is 2. The smallest absolute Gasteiger partial charge is 0.240 e. The molecule has 0 atom stereocenters. The van der Waals surface area contributed by atoms with E-state index in [1.807, 2.05) is 45.9 Å². The van der Waals surface area contributed by atoms with E-state index in [2.05, 4.69) is 15.6 Å². The zero-order valence-corrected chi connectivity index (χ0v) is 16.9. The number of imidazole rings is 1. The maximum absolute atomic E-state index is 12.3. The van der Waals surface area contributed by atoms with E-state index < -0.39 is 0 Å². The molecule has 1 aromatic heterocycles. The molecule has 0 aliphatic heterocycles. The molecule has 0 bridgehead atoms. The van der Waals surface area contributed by atoms with Gasteiger partial charge in [0.2, 0.25) is 11.8 Å². The van der Waals surface area contributed by atoms with Crippen molar-refractivity contribution in [2.45, 2.75) is 52.0 Å². The lowest BCUT2D eigenvalue weighted by Gasteiger charge is -2.13. The summed E-state index contributed by atoms with van der Waals surface area (Å²) in [6, 6.07) is 5.87. The van der Waals surface area contributed by atoms with E-state index in [1.54, 1.807) is 4.57 Å². The van der Waals surface area contributed by atoms with Crippen LogP contribution in [0.25, 0.3) is 0 Å². The van der Waals surface area contributed by atoms with E-state index in [9.17, 15) is 14.7 Å². The van der Waals surface area contributed by atoms with Crippen LogP contribution < -0.4 is 10.6 Å². The molecular weight excluding hydrogens is 364 g/mol. The standard InChI is InChI=1S/C19H26N4O3S/c1-12(2)21-17(25)9-23-15(10-24)8-20-19(23)27-11-18(26)22-16-6-5-13(3)7-14(16)4/h5-8,12,24H,9-11H2,1-4H3,(H,21,25)(H,22,26). The zero-order chi connectivity index (χ0) is 20.0. The third-order valence-corrected chi connectivity index (χ3v) is 4.79. The lowest BCUT2D eigenvalue weighted by atomic mass is 10.1. The predicted molar refractivity (Wildman–Crippen MR) is 107 cm³/mol. The summed E-state index contributed by atoms with van der Waals surface area (Å²) in [6.45, 7) is 7.54. The Balaban J connectivity index is 2.01.